The van der Waals surface area contributed by atoms with E-state index >= 15 is 0 Å². The molecule has 0 bridgehead atoms. The third-order valence-electron chi connectivity index (χ3n) is 4.06. The molecule has 1 N–H and O–H groups in total. The molecule has 2 rings (SSSR count). The van der Waals surface area contributed by atoms with Gasteiger partial charge in [-0.15, -0.1) is 0 Å². The summed E-state index contributed by atoms with van der Waals surface area (Å²) in [7, 11) is 0. The number of rotatable bonds is 4. The summed E-state index contributed by atoms with van der Waals surface area (Å²) in [6.07, 6.45) is 2.49. The first-order valence-electron chi connectivity index (χ1n) is 7.57. The lowest BCUT2D eigenvalue weighted by Crippen LogP contribution is -2.41. The Hall–Kier alpha value is -1.86. The maximum atomic E-state index is 12.4. The Morgan fingerprint density at radius 1 is 1.48 bits per heavy atom. The van der Waals surface area contributed by atoms with Gasteiger partial charge in [0.15, 0.2) is 0 Å². The van der Waals surface area contributed by atoms with Crippen molar-refractivity contribution in [1.82, 2.24) is 4.90 Å². The van der Waals surface area contributed by atoms with Gasteiger partial charge >= 0.3 is 0 Å². The number of aryl methyl sites for hydroxylation is 2. The average Bonchev–Trinajstić information content (AvgIpc) is 2.48. The van der Waals surface area contributed by atoms with Crippen molar-refractivity contribution in [1.29, 1.82) is 5.26 Å². The van der Waals surface area contributed by atoms with Crippen LogP contribution in [0.2, 0.25) is 0 Å². The minimum Gasteiger partial charge on any atom is -0.326 e. The molecule has 1 amide bonds. The molecule has 1 aliphatic rings. The van der Waals surface area contributed by atoms with Crippen molar-refractivity contribution in [2.45, 2.75) is 33.1 Å². The number of carbonyl (C=O) groups excluding carboxylic acids is 1. The van der Waals surface area contributed by atoms with Gasteiger partial charge in [-0.25, -0.2) is 0 Å². The van der Waals surface area contributed by atoms with Crippen LogP contribution in [0.1, 0.15) is 30.4 Å². The van der Waals surface area contributed by atoms with Gasteiger partial charge < -0.3 is 10.2 Å². The molecule has 0 spiro atoms. The van der Waals surface area contributed by atoms with E-state index in [0.29, 0.717) is 6.42 Å². The summed E-state index contributed by atoms with van der Waals surface area (Å²) in [4.78, 5) is 14.6. The van der Waals surface area contributed by atoms with Crippen LogP contribution in [-0.4, -0.2) is 30.4 Å². The highest BCUT2D eigenvalue weighted by Crippen LogP contribution is 2.21. The van der Waals surface area contributed by atoms with Crippen LogP contribution in [0, 0.1) is 31.1 Å². The van der Waals surface area contributed by atoms with E-state index in [2.05, 4.69) is 22.4 Å². The molecule has 0 aliphatic carbocycles. The summed E-state index contributed by atoms with van der Waals surface area (Å²) in [5.41, 5.74) is 3.20. The number of hydrogen-bond donors (Lipinski definition) is 1. The van der Waals surface area contributed by atoms with Crippen LogP contribution in [0.4, 0.5) is 5.69 Å². The van der Waals surface area contributed by atoms with Gasteiger partial charge in [-0.05, 0) is 44.9 Å². The molecule has 1 heterocycles. The zero-order valence-corrected chi connectivity index (χ0v) is 12.9. The van der Waals surface area contributed by atoms with Crippen molar-refractivity contribution in [3.63, 3.8) is 0 Å². The number of anilines is 1. The SMILES string of the molecule is Cc1ccc(NC(=O)C2CCCN(CCC#N)C2)c(C)c1. The van der Waals surface area contributed by atoms with Gasteiger partial charge in [-0.2, -0.15) is 5.26 Å². The predicted octanol–water partition coefficient (Wildman–Crippen LogP) is 2.87. The Balaban J connectivity index is 1.95. The smallest absolute Gasteiger partial charge is 0.228 e. The van der Waals surface area contributed by atoms with Gasteiger partial charge in [0.05, 0.1) is 12.0 Å². The summed E-state index contributed by atoms with van der Waals surface area (Å²) in [6.45, 7) is 6.59. The minimum atomic E-state index is 0.0261. The molecule has 1 saturated heterocycles. The molecule has 4 heteroatoms. The number of benzene rings is 1. The largest absolute Gasteiger partial charge is 0.326 e. The van der Waals surface area contributed by atoms with Crippen LogP contribution in [0.5, 0.6) is 0 Å². The van der Waals surface area contributed by atoms with E-state index in [4.69, 9.17) is 5.26 Å². The van der Waals surface area contributed by atoms with Crippen LogP contribution in [0.3, 0.4) is 0 Å². The standard InChI is InChI=1S/C17H23N3O/c1-13-6-7-16(14(2)11-13)19-17(21)15-5-3-9-20(12-15)10-4-8-18/h6-7,11,15H,3-5,9-10,12H2,1-2H3,(H,19,21). The molecule has 112 valence electrons. The second kappa shape index (κ2) is 7.24. The van der Waals surface area contributed by atoms with Gasteiger partial charge in [-0.1, -0.05) is 17.7 Å². The molecule has 0 aromatic heterocycles. The number of nitrogens with one attached hydrogen (secondary N) is 1. The van der Waals surface area contributed by atoms with Crippen LogP contribution in [-0.2, 0) is 4.79 Å². The molecular formula is C17H23N3O. The molecule has 0 saturated carbocycles. The van der Waals surface area contributed by atoms with Crippen molar-refractivity contribution in [3.8, 4) is 6.07 Å². The summed E-state index contributed by atoms with van der Waals surface area (Å²) >= 11 is 0. The first-order chi connectivity index (χ1) is 10.1. The summed E-state index contributed by atoms with van der Waals surface area (Å²) < 4.78 is 0. The molecule has 0 radical (unpaired) electrons. The van der Waals surface area contributed by atoms with Gasteiger partial charge in [-0.3, -0.25) is 4.79 Å². The van der Waals surface area contributed by atoms with E-state index < -0.39 is 0 Å². The molecular weight excluding hydrogens is 262 g/mol. The number of amides is 1. The Bertz CT molecular complexity index is 547. The molecule has 1 atom stereocenters. The molecule has 1 fully saturated rings. The maximum Gasteiger partial charge on any atom is 0.228 e. The zero-order valence-electron chi connectivity index (χ0n) is 12.9. The number of nitriles is 1. The maximum absolute atomic E-state index is 12.4. The topological polar surface area (TPSA) is 56.1 Å². The Morgan fingerprint density at radius 3 is 3.00 bits per heavy atom. The Labute approximate surface area is 126 Å². The number of carbonyl (C=O) groups is 1. The zero-order chi connectivity index (χ0) is 15.2. The van der Waals surface area contributed by atoms with Gasteiger partial charge in [0, 0.05) is 25.2 Å². The molecule has 4 nitrogen and oxygen atoms in total. The number of piperidine rings is 1. The third kappa shape index (κ3) is 4.30. The molecule has 1 aromatic rings. The number of nitrogens with zero attached hydrogens (tertiary/aromatic N) is 2. The molecule has 1 aromatic carbocycles. The fourth-order valence-corrected chi connectivity index (χ4v) is 2.87. The van der Waals surface area contributed by atoms with Crippen LogP contribution in [0.25, 0.3) is 0 Å². The normalized spacial score (nSPS) is 19.0. The highest BCUT2D eigenvalue weighted by molar-refractivity contribution is 5.93. The fraction of sp³-hybridized carbons (Fsp3) is 0.529. The quantitative estimate of drug-likeness (QED) is 0.925. The monoisotopic (exact) mass is 285 g/mol. The lowest BCUT2D eigenvalue weighted by Gasteiger charge is -2.31. The highest BCUT2D eigenvalue weighted by atomic mass is 16.1. The van der Waals surface area contributed by atoms with E-state index in [-0.39, 0.29) is 11.8 Å². The first kappa shape index (κ1) is 15.5. The Morgan fingerprint density at radius 2 is 2.29 bits per heavy atom. The van der Waals surface area contributed by atoms with E-state index in [1.807, 2.05) is 26.0 Å². The predicted molar refractivity (Wildman–Crippen MR) is 83.9 cm³/mol. The Kier molecular flexibility index (Phi) is 5.35. The van der Waals surface area contributed by atoms with E-state index in [1.54, 1.807) is 0 Å². The minimum absolute atomic E-state index is 0.0261. The van der Waals surface area contributed by atoms with Crippen molar-refractivity contribution in [2.24, 2.45) is 5.92 Å². The summed E-state index contributed by atoms with van der Waals surface area (Å²) in [5, 5.41) is 11.7. The van der Waals surface area contributed by atoms with Crippen LogP contribution < -0.4 is 5.32 Å². The first-order valence-corrected chi connectivity index (χ1v) is 7.57. The number of likely N-dealkylation sites (tertiary alicyclic amines) is 1. The van der Waals surface area contributed by atoms with Gasteiger partial charge in [0.1, 0.15) is 0 Å². The number of hydrogen-bond acceptors (Lipinski definition) is 3. The van der Waals surface area contributed by atoms with Crippen molar-refractivity contribution < 1.29 is 4.79 Å². The van der Waals surface area contributed by atoms with Gasteiger partial charge in [0.25, 0.3) is 0 Å². The second-order valence-electron chi connectivity index (χ2n) is 5.86. The fourth-order valence-electron chi connectivity index (χ4n) is 2.87. The lowest BCUT2D eigenvalue weighted by atomic mass is 9.96. The molecule has 21 heavy (non-hydrogen) atoms. The van der Waals surface area contributed by atoms with Crippen molar-refractivity contribution >= 4 is 11.6 Å². The lowest BCUT2D eigenvalue weighted by molar-refractivity contribution is -0.121. The van der Waals surface area contributed by atoms with Crippen LogP contribution in [0.15, 0.2) is 18.2 Å². The molecule has 1 aliphatic heterocycles. The average molecular weight is 285 g/mol. The summed E-state index contributed by atoms with van der Waals surface area (Å²) in [6, 6.07) is 8.24. The van der Waals surface area contributed by atoms with Crippen molar-refractivity contribution in [3.05, 3.63) is 29.3 Å². The van der Waals surface area contributed by atoms with E-state index in [0.717, 1.165) is 43.7 Å². The molecule has 1 unspecified atom stereocenters. The third-order valence-corrected chi connectivity index (χ3v) is 4.06. The summed E-state index contributed by atoms with van der Waals surface area (Å²) in [5.74, 6) is 0.127. The van der Waals surface area contributed by atoms with Gasteiger partial charge in [0.2, 0.25) is 5.91 Å². The van der Waals surface area contributed by atoms with E-state index in [9.17, 15) is 4.79 Å². The van der Waals surface area contributed by atoms with Crippen molar-refractivity contribution in [2.75, 3.05) is 25.0 Å². The second-order valence-corrected chi connectivity index (χ2v) is 5.86. The van der Waals surface area contributed by atoms with Crippen LogP contribution >= 0.6 is 0 Å². The highest BCUT2D eigenvalue weighted by Gasteiger charge is 2.25. The van der Waals surface area contributed by atoms with E-state index in [1.165, 1.54) is 5.56 Å².